The van der Waals surface area contributed by atoms with Crippen LogP contribution in [0.4, 0.5) is 4.39 Å². The first-order valence-electron chi connectivity index (χ1n) is 4.40. The number of sulfonamides is 1. The Balaban J connectivity index is 3.09. The summed E-state index contributed by atoms with van der Waals surface area (Å²) < 4.78 is 38.8. The first kappa shape index (κ1) is 14.2. The fraction of sp³-hybridized carbons (Fsp3) is 0.222. The zero-order chi connectivity index (χ0) is 13.1. The van der Waals surface area contributed by atoms with Gasteiger partial charge in [0, 0.05) is 13.0 Å². The van der Waals surface area contributed by atoms with Gasteiger partial charge in [0.2, 0.25) is 10.0 Å². The van der Waals surface area contributed by atoms with Crippen molar-refractivity contribution in [3.05, 3.63) is 28.0 Å². The van der Waals surface area contributed by atoms with Crippen LogP contribution < -0.4 is 4.72 Å². The van der Waals surface area contributed by atoms with E-state index in [1.54, 1.807) is 6.07 Å². The lowest BCUT2D eigenvalue weighted by molar-refractivity contribution is 0.578. The van der Waals surface area contributed by atoms with Crippen LogP contribution >= 0.6 is 23.2 Å². The highest BCUT2D eigenvalue weighted by atomic mass is 35.5. The van der Waals surface area contributed by atoms with Gasteiger partial charge in [-0.1, -0.05) is 23.2 Å². The second-order valence-corrected chi connectivity index (χ2v) is 5.50. The molecule has 0 bridgehead atoms. The van der Waals surface area contributed by atoms with Gasteiger partial charge in [-0.05, 0) is 12.1 Å². The van der Waals surface area contributed by atoms with Crippen LogP contribution in [0.5, 0.6) is 0 Å². The van der Waals surface area contributed by atoms with Crippen molar-refractivity contribution in [1.82, 2.24) is 4.72 Å². The molecule has 0 radical (unpaired) electrons. The fourth-order valence-corrected chi connectivity index (χ4v) is 2.81. The van der Waals surface area contributed by atoms with Gasteiger partial charge < -0.3 is 0 Å². The molecule has 4 nitrogen and oxygen atoms in total. The van der Waals surface area contributed by atoms with Crippen LogP contribution in [0.3, 0.4) is 0 Å². The molecule has 0 fully saturated rings. The molecule has 92 valence electrons. The van der Waals surface area contributed by atoms with Crippen LogP contribution in [-0.2, 0) is 10.0 Å². The van der Waals surface area contributed by atoms with Crippen molar-refractivity contribution in [3.63, 3.8) is 0 Å². The molecule has 0 amide bonds. The highest BCUT2D eigenvalue weighted by Gasteiger charge is 2.21. The Hall–Kier alpha value is -0.870. The molecule has 1 aromatic carbocycles. The predicted molar refractivity (Wildman–Crippen MR) is 61.8 cm³/mol. The van der Waals surface area contributed by atoms with E-state index in [1.807, 2.05) is 0 Å². The molecule has 17 heavy (non-hydrogen) atoms. The molecule has 0 atom stereocenters. The van der Waals surface area contributed by atoms with Gasteiger partial charge in [-0.2, -0.15) is 5.26 Å². The summed E-state index contributed by atoms with van der Waals surface area (Å²) in [5.74, 6) is -0.989. The molecule has 0 saturated carbocycles. The number of nitrogens with zero attached hydrogens (tertiary/aromatic N) is 1. The zero-order valence-corrected chi connectivity index (χ0v) is 10.7. The Kier molecular flexibility index (Phi) is 4.71. The highest BCUT2D eigenvalue weighted by molar-refractivity contribution is 7.89. The molecule has 0 aliphatic carbocycles. The van der Waals surface area contributed by atoms with Crippen molar-refractivity contribution in [2.75, 3.05) is 6.54 Å². The molecule has 0 aromatic heterocycles. The number of halogens is 3. The number of nitriles is 1. The van der Waals surface area contributed by atoms with E-state index in [0.29, 0.717) is 0 Å². The van der Waals surface area contributed by atoms with Gasteiger partial charge in [-0.25, -0.2) is 17.5 Å². The lowest BCUT2D eigenvalue weighted by Gasteiger charge is -2.08. The summed E-state index contributed by atoms with van der Waals surface area (Å²) in [6.07, 6.45) is 0.00687. The second-order valence-electron chi connectivity index (χ2n) is 2.98. The average Bonchev–Trinajstić information content (AvgIpc) is 2.26. The molecular formula is C9H7Cl2FN2O2S. The van der Waals surface area contributed by atoms with E-state index in [-0.39, 0.29) is 18.0 Å². The minimum Gasteiger partial charge on any atom is -0.210 e. The average molecular weight is 297 g/mol. The van der Waals surface area contributed by atoms with Crippen LogP contribution in [0.1, 0.15) is 6.42 Å². The van der Waals surface area contributed by atoms with E-state index in [1.165, 1.54) is 0 Å². The van der Waals surface area contributed by atoms with E-state index >= 15 is 0 Å². The Morgan fingerprint density at radius 1 is 1.41 bits per heavy atom. The summed E-state index contributed by atoms with van der Waals surface area (Å²) in [6, 6.07) is 3.97. The van der Waals surface area contributed by atoms with Crippen molar-refractivity contribution >= 4 is 33.2 Å². The van der Waals surface area contributed by atoms with Gasteiger partial charge in [0.05, 0.1) is 16.1 Å². The third kappa shape index (κ3) is 3.30. The molecule has 1 aromatic rings. The summed E-state index contributed by atoms with van der Waals surface area (Å²) >= 11 is 11.0. The first-order valence-corrected chi connectivity index (χ1v) is 6.64. The van der Waals surface area contributed by atoms with E-state index in [9.17, 15) is 12.8 Å². The minimum absolute atomic E-state index is 0.00687. The largest absolute Gasteiger partial charge is 0.242 e. The fourth-order valence-electron chi connectivity index (χ4n) is 1.03. The minimum atomic E-state index is -3.93. The summed E-state index contributed by atoms with van der Waals surface area (Å²) in [4.78, 5) is -0.404. The van der Waals surface area contributed by atoms with Crippen LogP contribution in [0.15, 0.2) is 17.0 Å². The number of nitrogens with one attached hydrogen (secondary N) is 1. The molecular weight excluding hydrogens is 290 g/mol. The molecule has 1 rings (SSSR count). The smallest absolute Gasteiger partial charge is 0.210 e. The van der Waals surface area contributed by atoms with Crippen molar-refractivity contribution in [3.8, 4) is 6.07 Å². The predicted octanol–water partition coefficient (Wildman–Crippen LogP) is 2.32. The molecule has 0 spiro atoms. The quantitative estimate of drug-likeness (QED) is 0.685. The Labute approximate surface area is 108 Å². The van der Waals surface area contributed by atoms with Gasteiger partial charge in [0.25, 0.3) is 0 Å². The molecule has 8 heteroatoms. The van der Waals surface area contributed by atoms with Crippen molar-refractivity contribution in [1.29, 1.82) is 5.26 Å². The Bertz CT molecular complexity index is 569. The molecule has 0 unspecified atom stereocenters. The monoisotopic (exact) mass is 296 g/mol. The number of benzene rings is 1. The zero-order valence-electron chi connectivity index (χ0n) is 8.37. The summed E-state index contributed by atoms with van der Waals surface area (Å²) in [5, 5.41) is 7.45. The summed E-state index contributed by atoms with van der Waals surface area (Å²) in [6.45, 7) is -0.0700. The molecule has 0 aliphatic heterocycles. The van der Waals surface area contributed by atoms with E-state index in [2.05, 4.69) is 4.72 Å². The molecule has 0 saturated heterocycles. The van der Waals surface area contributed by atoms with Crippen LogP contribution in [0.25, 0.3) is 0 Å². The van der Waals surface area contributed by atoms with Crippen LogP contribution in [-0.4, -0.2) is 15.0 Å². The maximum absolute atomic E-state index is 13.3. The molecule has 0 aliphatic rings. The summed E-state index contributed by atoms with van der Waals surface area (Å²) in [7, 11) is -3.93. The molecule has 1 N–H and O–H groups in total. The van der Waals surface area contributed by atoms with Crippen molar-refractivity contribution in [2.45, 2.75) is 11.3 Å². The van der Waals surface area contributed by atoms with E-state index < -0.39 is 25.8 Å². The summed E-state index contributed by atoms with van der Waals surface area (Å²) in [5.41, 5.74) is 0. The number of hydrogen-bond donors (Lipinski definition) is 1. The van der Waals surface area contributed by atoms with E-state index in [4.69, 9.17) is 28.5 Å². The lowest BCUT2D eigenvalue weighted by atomic mass is 10.3. The number of hydrogen-bond acceptors (Lipinski definition) is 3. The third-order valence-electron chi connectivity index (χ3n) is 1.82. The number of rotatable bonds is 4. The maximum atomic E-state index is 13.3. The normalized spacial score (nSPS) is 11.2. The second kappa shape index (κ2) is 5.65. The maximum Gasteiger partial charge on any atom is 0.242 e. The van der Waals surface area contributed by atoms with Gasteiger partial charge in [0.1, 0.15) is 4.90 Å². The standard InChI is InChI=1S/C9H7Cl2FN2O2S/c10-6-2-3-7(8(11)9(6)12)17(15,16)14-5-1-4-13/h2-3,14H,1,5H2. The van der Waals surface area contributed by atoms with Gasteiger partial charge in [0.15, 0.2) is 5.82 Å². The highest BCUT2D eigenvalue weighted by Crippen LogP contribution is 2.29. The van der Waals surface area contributed by atoms with E-state index in [0.717, 1.165) is 12.1 Å². The Morgan fingerprint density at radius 2 is 2.06 bits per heavy atom. The van der Waals surface area contributed by atoms with Gasteiger partial charge >= 0.3 is 0 Å². The first-order chi connectivity index (χ1) is 7.90. The van der Waals surface area contributed by atoms with Gasteiger partial charge in [-0.3, -0.25) is 0 Å². The lowest BCUT2D eigenvalue weighted by Crippen LogP contribution is -2.25. The molecule has 0 heterocycles. The van der Waals surface area contributed by atoms with Crippen molar-refractivity contribution in [2.24, 2.45) is 0 Å². The Morgan fingerprint density at radius 3 is 2.65 bits per heavy atom. The SMILES string of the molecule is N#CCCNS(=O)(=O)c1ccc(Cl)c(F)c1Cl. The third-order valence-corrected chi connectivity index (χ3v) is 4.10. The topological polar surface area (TPSA) is 70.0 Å². The van der Waals surface area contributed by atoms with Crippen LogP contribution in [0, 0.1) is 17.1 Å². The van der Waals surface area contributed by atoms with Crippen LogP contribution in [0.2, 0.25) is 10.0 Å². The van der Waals surface area contributed by atoms with Crippen molar-refractivity contribution < 1.29 is 12.8 Å². The van der Waals surface area contributed by atoms with Gasteiger partial charge in [-0.15, -0.1) is 0 Å².